The molecule has 2 unspecified atom stereocenters. The van der Waals surface area contributed by atoms with Crippen molar-refractivity contribution in [2.24, 2.45) is 0 Å². The average molecular weight is 667 g/mol. The Morgan fingerprint density at radius 3 is 2.07 bits per heavy atom. The average Bonchev–Trinajstić information content (AvgIpc) is 3.24. The minimum absolute atomic E-state index is 0.0464. The molecule has 11 nitrogen and oxygen atoms in total. The number of hydrogen-bond acceptors (Lipinski definition) is 9. The number of esters is 2. The van der Waals surface area contributed by atoms with E-state index in [0.29, 0.717) is 12.1 Å². The third-order valence-corrected chi connectivity index (χ3v) is 6.58. The molecule has 230 valence electrons. The maximum atomic E-state index is 13.5. The highest BCUT2D eigenvalue weighted by Gasteiger charge is 2.44. The van der Waals surface area contributed by atoms with Gasteiger partial charge in [-0.2, -0.15) is 36.7 Å². The van der Waals surface area contributed by atoms with Crippen LogP contribution < -0.4 is 5.32 Å². The molecule has 2 rings (SSSR count). The largest absolute Gasteiger partial charge is 0.476 e. The Labute approximate surface area is 245 Å². The van der Waals surface area contributed by atoms with Crippen LogP contribution in [0.4, 0.5) is 37.0 Å². The first-order valence-electron chi connectivity index (χ1n) is 11.3. The SMILES string of the molecule is CCC(=O)OCC(COC(=O)Nc1c(S(=O)C(F)(F)F)c(C#N)nn1-c1c(Cl)cc(C(F)(F)F)cc1Cl)OC(=O)CC. The molecule has 0 aliphatic rings. The zero-order chi connectivity index (χ0) is 32.0. The molecule has 0 saturated heterocycles. The van der Waals surface area contributed by atoms with Crippen LogP contribution in [0.5, 0.6) is 0 Å². The van der Waals surface area contributed by atoms with Crippen molar-refractivity contribution in [1.82, 2.24) is 9.78 Å². The first-order chi connectivity index (χ1) is 19.4. The van der Waals surface area contributed by atoms with E-state index in [2.05, 4.69) is 5.10 Å². The summed E-state index contributed by atoms with van der Waals surface area (Å²) < 4.78 is 107. The third kappa shape index (κ3) is 8.72. The summed E-state index contributed by atoms with van der Waals surface area (Å²) in [5.74, 6) is -2.63. The van der Waals surface area contributed by atoms with Gasteiger partial charge >= 0.3 is 29.7 Å². The number of rotatable bonds is 10. The Morgan fingerprint density at radius 1 is 1.05 bits per heavy atom. The van der Waals surface area contributed by atoms with Crippen molar-refractivity contribution in [2.75, 3.05) is 18.5 Å². The van der Waals surface area contributed by atoms with Crippen molar-refractivity contribution in [3.05, 3.63) is 33.4 Å². The van der Waals surface area contributed by atoms with Crippen LogP contribution in [-0.2, 0) is 40.8 Å². The standard InChI is InChI=1S/C22H18Cl2F6N4O7S/c1-3-15(35)39-8-11(41-16(36)4-2)9-40-20(37)32-19-18(42(38)22(28,29)30)14(7-31)33-34(19)17-12(23)5-10(6-13(17)24)21(25,26)27/h5-6,11H,3-4,8-9H2,1-2H3,(H,32,37). The summed E-state index contributed by atoms with van der Waals surface area (Å²) in [7, 11) is -4.03. The number of alkyl halides is 6. The molecule has 1 heterocycles. The summed E-state index contributed by atoms with van der Waals surface area (Å²) in [6, 6.07) is 1.95. The molecular formula is C22H18Cl2F6N4O7S. The van der Waals surface area contributed by atoms with Crippen LogP contribution in [0.25, 0.3) is 5.69 Å². The van der Waals surface area contributed by atoms with Gasteiger partial charge in [0.25, 0.3) is 0 Å². The highest BCUT2D eigenvalue weighted by Crippen LogP contribution is 2.41. The van der Waals surface area contributed by atoms with E-state index in [1.807, 2.05) is 0 Å². The lowest BCUT2D eigenvalue weighted by Crippen LogP contribution is -2.32. The van der Waals surface area contributed by atoms with Crippen molar-refractivity contribution >= 4 is 57.9 Å². The van der Waals surface area contributed by atoms with Gasteiger partial charge < -0.3 is 14.2 Å². The predicted octanol–water partition coefficient (Wildman–Crippen LogP) is 5.52. The van der Waals surface area contributed by atoms with Crippen LogP contribution in [0.2, 0.25) is 10.0 Å². The van der Waals surface area contributed by atoms with Gasteiger partial charge in [0, 0.05) is 12.8 Å². The molecular weight excluding hydrogens is 649 g/mol. The summed E-state index contributed by atoms with van der Waals surface area (Å²) in [5, 5.41) is 13.0. The van der Waals surface area contributed by atoms with Gasteiger partial charge in [-0.25, -0.2) is 13.7 Å². The maximum absolute atomic E-state index is 13.5. The molecule has 0 spiro atoms. The summed E-state index contributed by atoms with van der Waals surface area (Å²) in [4.78, 5) is 34.3. The Kier molecular flexibility index (Phi) is 11.6. The lowest BCUT2D eigenvalue weighted by molar-refractivity contribution is -0.160. The number of nitrogens with zero attached hydrogens (tertiary/aromatic N) is 3. The van der Waals surface area contributed by atoms with E-state index in [4.69, 9.17) is 37.4 Å². The molecule has 0 bridgehead atoms. The van der Waals surface area contributed by atoms with Crippen molar-refractivity contribution in [3.63, 3.8) is 0 Å². The van der Waals surface area contributed by atoms with Crippen molar-refractivity contribution in [3.8, 4) is 11.8 Å². The van der Waals surface area contributed by atoms with Crippen LogP contribution in [-0.4, -0.2) is 56.8 Å². The molecule has 0 saturated carbocycles. The molecule has 20 heteroatoms. The first kappa shape index (κ1) is 34.6. The van der Waals surface area contributed by atoms with E-state index in [0.717, 1.165) is 0 Å². The van der Waals surface area contributed by atoms with E-state index >= 15 is 0 Å². The monoisotopic (exact) mass is 666 g/mol. The maximum Gasteiger partial charge on any atom is 0.476 e. The van der Waals surface area contributed by atoms with E-state index < -0.39 is 97.5 Å². The second-order valence-electron chi connectivity index (χ2n) is 7.78. The van der Waals surface area contributed by atoms with Crippen LogP contribution in [0.15, 0.2) is 17.0 Å². The molecule has 1 aromatic heterocycles. The number of nitrogens with one attached hydrogen (secondary N) is 1. The van der Waals surface area contributed by atoms with E-state index in [1.165, 1.54) is 19.9 Å². The van der Waals surface area contributed by atoms with Gasteiger partial charge in [0.2, 0.25) is 0 Å². The number of nitriles is 1. The second kappa shape index (κ2) is 14.1. The normalized spacial score (nSPS) is 13.1. The third-order valence-electron chi connectivity index (χ3n) is 4.83. The smallest absolute Gasteiger partial charge is 0.462 e. The van der Waals surface area contributed by atoms with E-state index in [-0.39, 0.29) is 17.5 Å². The molecule has 0 aliphatic carbocycles. The zero-order valence-electron chi connectivity index (χ0n) is 21.2. The molecule has 1 amide bonds. The van der Waals surface area contributed by atoms with Crippen LogP contribution in [0, 0.1) is 11.3 Å². The molecule has 2 aromatic rings. The van der Waals surface area contributed by atoms with Crippen molar-refractivity contribution in [2.45, 2.75) is 49.4 Å². The fourth-order valence-electron chi connectivity index (χ4n) is 2.95. The Morgan fingerprint density at radius 2 is 1.60 bits per heavy atom. The fraction of sp³-hybridized carbons (Fsp3) is 0.409. The minimum atomic E-state index is -5.50. The number of benzene rings is 1. The van der Waals surface area contributed by atoms with Crippen LogP contribution in [0.1, 0.15) is 37.9 Å². The Bertz CT molecular complexity index is 1400. The Balaban J connectivity index is 2.56. The van der Waals surface area contributed by atoms with Crippen molar-refractivity contribution in [1.29, 1.82) is 5.26 Å². The minimum Gasteiger partial charge on any atom is -0.462 e. The topological polar surface area (TPSA) is 150 Å². The number of hydrogen-bond donors (Lipinski definition) is 1. The van der Waals surface area contributed by atoms with Crippen LogP contribution >= 0.6 is 23.2 Å². The number of ether oxygens (including phenoxy) is 3. The van der Waals surface area contributed by atoms with Gasteiger partial charge in [0.1, 0.15) is 29.9 Å². The molecule has 1 N–H and O–H groups in total. The molecule has 42 heavy (non-hydrogen) atoms. The lowest BCUT2D eigenvalue weighted by Gasteiger charge is -2.18. The highest BCUT2D eigenvalue weighted by molar-refractivity contribution is 7.86. The highest BCUT2D eigenvalue weighted by atomic mass is 35.5. The van der Waals surface area contributed by atoms with Gasteiger partial charge in [-0.3, -0.25) is 14.9 Å². The predicted molar refractivity (Wildman–Crippen MR) is 132 cm³/mol. The molecule has 0 fully saturated rings. The summed E-state index contributed by atoms with van der Waals surface area (Å²) in [5.41, 5.74) is -8.73. The van der Waals surface area contributed by atoms with Gasteiger partial charge in [0.05, 0.1) is 15.6 Å². The molecule has 2 atom stereocenters. The zero-order valence-corrected chi connectivity index (χ0v) is 23.5. The van der Waals surface area contributed by atoms with Gasteiger partial charge in [0.15, 0.2) is 28.4 Å². The molecule has 0 radical (unpaired) electrons. The number of amides is 1. The number of halogens is 8. The van der Waals surface area contributed by atoms with E-state index in [9.17, 15) is 50.2 Å². The summed E-state index contributed by atoms with van der Waals surface area (Å²) in [6.45, 7) is 1.52. The quantitative estimate of drug-likeness (QED) is 0.196. The van der Waals surface area contributed by atoms with Gasteiger partial charge in [-0.15, -0.1) is 0 Å². The molecule has 0 aliphatic heterocycles. The van der Waals surface area contributed by atoms with Gasteiger partial charge in [-0.1, -0.05) is 37.0 Å². The summed E-state index contributed by atoms with van der Waals surface area (Å²) in [6.07, 6.45) is -8.07. The van der Waals surface area contributed by atoms with Crippen molar-refractivity contribution < 1.29 is 59.1 Å². The lowest BCUT2D eigenvalue weighted by atomic mass is 10.2. The number of anilines is 1. The first-order valence-corrected chi connectivity index (χ1v) is 13.2. The number of carbonyl (C=O) groups is 3. The van der Waals surface area contributed by atoms with Gasteiger partial charge in [-0.05, 0) is 12.1 Å². The molecule has 1 aromatic carbocycles. The van der Waals surface area contributed by atoms with Crippen LogP contribution in [0.3, 0.4) is 0 Å². The summed E-state index contributed by atoms with van der Waals surface area (Å²) >= 11 is 11.9. The Hall–Kier alpha value is -3.56. The number of aromatic nitrogens is 2. The van der Waals surface area contributed by atoms with E-state index in [1.54, 1.807) is 5.32 Å². The second-order valence-corrected chi connectivity index (χ2v) is 10.00. The number of carbonyl (C=O) groups excluding carboxylic acids is 3. The fourth-order valence-corrected chi connectivity index (χ4v) is 4.40.